The molecule has 1 aromatic carbocycles. The number of carbonyl (C=O) groups excluding carboxylic acids is 2. The molecule has 0 saturated heterocycles. The highest BCUT2D eigenvalue weighted by molar-refractivity contribution is 5.89. The van der Waals surface area contributed by atoms with E-state index in [1.807, 2.05) is 6.92 Å². The molecule has 4 heteroatoms. The van der Waals surface area contributed by atoms with E-state index in [1.54, 1.807) is 0 Å². The van der Waals surface area contributed by atoms with Crippen molar-refractivity contribution in [2.75, 3.05) is 7.11 Å². The number of benzene rings is 1. The Morgan fingerprint density at radius 1 is 1.18 bits per heavy atom. The third-order valence-electron chi connectivity index (χ3n) is 3.65. The Bertz CT molecular complexity index is 531. The number of hydrogen-bond donors (Lipinski definition) is 0. The van der Waals surface area contributed by atoms with Gasteiger partial charge in [0.1, 0.15) is 6.10 Å². The van der Waals surface area contributed by atoms with Crippen molar-refractivity contribution in [1.29, 1.82) is 0 Å². The fourth-order valence-electron chi connectivity index (χ4n) is 2.23. The minimum atomic E-state index is -0.641. The van der Waals surface area contributed by atoms with E-state index in [4.69, 9.17) is 4.74 Å². The molecule has 120 valence electrons. The van der Waals surface area contributed by atoms with Crippen molar-refractivity contribution >= 4 is 11.9 Å². The van der Waals surface area contributed by atoms with Crippen LogP contribution in [0.15, 0.2) is 36.4 Å². The largest absolute Gasteiger partial charge is 0.466 e. The van der Waals surface area contributed by atoms with Crippen molar-refractivity contribution in [3.63, 3.8) is 0 Å². The smallest absolute Gasteiger partial charge is 0.336 e. The topological polar surface area (TPSA) is 52.6 Å². The van der Waals surface area contributed by atoms with Gasteiger partial charge in [-0.3, -0.25) is 4.79 Å². The van der Waals surface area contributed by atoms with Crippen LogP contribution in [0.25, 0.3) is 0 Å². The van der Waals surface area contributed by atoms with Gasteiger partial charge in [0, 0.05) is 6.92 Å². The summed E-state index contributed by atoms with van der Waals surface area (Å²) >= 11 is 0. The van der Waals surface area contributed by atoms with Gasteiger partial charge < -0.3 is 9.47 Å². The van der Waals surface area contributed by atoms with E-state index in [2.05, 4.69) is 42.5 Å². The number of ether oxygens (including phenoxy) is 2. The van der Waals surface area contributed by atoms with Crippen molar-refractivity contribution in [3.05, 3.63) is 47.5 Å². The Morgan fingerprint density at radius 3 is 2.27 bits per heavy atom. The molecule has 0 heterocycles. The van der Waals surface area contributed by atoms with Gasteiger partial charge in [-0.05, 0) is 31.2 Å². The molecule has 1 aromatic rings. The average Bonchev–Trinajstić information content (AvgIpc) is 2.49. The van der Waals surface area contributed by atoms with Gasteiger partial charge in [0.15, 0.2) is 0 Å². The molecule has 0 aliphatic rings. The highest BCUT2D eigenvalue weighted by Crippen LogP contribution is 2.24. The number of hydrogen-bond acceptors (Lipinski definition) is 4. The molecule has 22 heavy (non-hydrogen) atoms. The van der Waals surface area contributed by atoms with Gasteiger partial charge in [-0.25, -0.2) is 4.79 Å². The summed E-state index contributed by atoms with van der Waals surface area (Å²) in [4.78, 5) is 22.8. The van der Waals surface area contributed by atoms with Crippen molar-refractivity contribution in [3.8, 4) is 0 Å². The molecule has 0 amide bonds. The van der Waals surface area contributed by atoms with Crippen LogP contribution in [0.2, 0.25) is 0 Å². The van der Waals surface area contributed by atoms with Crippen LogP contribution < -0.4 is 0 Å². The molecule has 0 aliphatic heterocycles. The zero-order chi connectivity index (χ0) is 16.7. The van der Waals surface area contributed by atoms with Crippen molar-refractivity contribution < 1.29 is 19.1 Å². The predicted octanol–water partition coefficient (Wildman–Crippen LogP) is 3.54. The molecular weight excluding hydrogens is 280 g/mol. The monoisotopic (exact) mass is 304 g/mol. The fourth-order valence-corrected chi connectivity index (χ4v) is 2.23. The third-order valence-corrected chi connectivity index (χ3v) is 3.65. The zero-order valence-corrected chi connectivity index (χ0v) is 13.7. The summed E-state index contributed by atoms with van der Waals surface area (Å²) in [5.74, 6) is -0.684. The van der Waals surface area contributed by atoms with Gasteiger partial charge in [-0.2, -0.15) is 0 Å². The van der Waals surface area contributed by atoms with E-state index < -0.39 is 18.0 Å². The van der Waals surface area contributed by atoms with Crippen LogP contribution in [0.1, 0.15) is 43.7 Å². The second kappa shape index (κ2) is 8.37. The van der Waals surface area contributed by atoms with Gasteiger partial charge in [0.05, 0.1) is 12.7 Å². The Kier molecular flexibility index (Phi) is 6.83. The predicted molar refractivity (Wildman–Crippen MR) is 85.5 cm³/mol. The van der Waals surface area contributed by atoms with Crippen LogP contribution in [0.3, 0.4) is 0 Å². The lowest BCUT2D eigenvalue weighted by Gasteiger charge is -2.20. The van der Waals surface area contributed by atoms with Crippen molar-refractivity contribution in [2.24, 2.45) is 0 Å². The van der Waals surface area contributed by atoms with Gasteiger partial charge in [-0.15, -0.1) is 0 Å². The molecular formula is C18H24O4. The SMILES string of the molecule is C=C(C(=O)OC)C(CCC(C)c1ccc(C)cc1)OC(C)=O. The molecule has 0 aliphatic carbocycles. The summed E-state index contributed by atoms with van der Waals surface area (Å²) in [5, 5.41) is 0. The molecule has 4 nitrogen and oxygen atoms in total. The van der Waals surface area contributed by atoms with E-state index >= 15 is 0 Å². The Hall–Kier alpha value is -2.10. The number of methoxy groups -OCH3 is 1. The summed E-state index contributed by atoms with van der Waals surface area (Å²) in [6.07, 6.45) is 0.664. The number of aryl methyl sites for hydroxylation is 1. The maximum absolute atomic E-state index is 11.6. The molecule has 0 spiro atoms. The first-order chi connectivity index (χ1) is 10.3. The maximum atomic E-state index is 11.6. The Balaban J connectivity index is 2.69. The van der Waals surface area contributed by atoms with Crippen LogP contribution in [0, 0.1) is 6.92 Å². The Labute approximate surface area is 132 Å². The van der Waals surface area contributed by atoms with Gasteiger partial charge >= 0.3 is 11.9 Å². The first kappa shape index (κ1) is 18.0. The van der Waals surface area contributed by atoms with Crippen LogP contribution >= 0.6 is 0 Å². The number of rotatable bonds is 7. The standard InChI is InChI=1S/C18H24O4/c1-12-6-9-16(10-7-12)13(2)8-11-17(22-15(4)19)14(3)18(20)21-5/h6-7,9-10,13,17H,3,8,11H2,1-2,4-5H3. The van der Waals surface area contributed by atoms with E-state index in [0.29, 0.717) is 12.3 Å². The lowest BCUT2D eigenvalue weighted by molar-refractivity contribution is -0.147. The summed E-state index contributed by atoms with van der Waals surface area (Å²) in [6.45, 7) is 9.16. The second-order valence-electron chi connectivity index (χ2n) is 5.50. The van der Waals surface area contributed by atoms with E-state index in [0.717, 1.165) is 6.42 Å². The van der Waals surface area contributed by atoms with Crippen LogP contribution in [0.5, 0.6) is 0 Å². The van der Waals surface area contributed by atoms with E-state index in [9.17, 15) is 9.59 Å². The number of carbonyl (C=O) groups is 2. The van der Waals surface area contributed by atoms with Gasteiger partial charge in [-0.1, -0.05) is 43.3 Å². The molecule has 2 unspecified atom stereocenters. The summed E-state index contributed by atoms with van der Waals surface area (Å²) in [7, 11) is 1.28. The summed E-state index contributed by atoms with van der Waals surface area (Å²) < 4.78 is 9.85. The van der Waals surface area contributed by atoms with Crippen LogP contribution in [0.4, 0.5) is 0 Å². The Morgan fingerprint density at radius 2 is 1.77 bits per heavy atom. The molecule has 0 saturated carbocycles. The highest BCUT2D eigenvalue weighted by Gasteiger charge is 2.23. The van der Waals surface area contributed by atoms with Crippen LogP contribution in [-0.2, 0) is 19.1 Å². The van der Waals surface area contributed by atoms with Gasteiger partial charge in [0.2, 0.25) is 0 Å². The fraction of sp³-hybridized carbons (Fsp3) is 0.444. The lowest BCUT2D eigenvalue weighted by atomic mass is 9.93. The van der Waals surface area contributed by atoms with Crippen molar-refractivity contribution in [2.45, 2.75) is 45.6 Å². The normalized spacial score (nSPS) is 13.1. The first-order valence-corrected chi connectivity index (χ1v) is 7.36. The maximum Gasteiger partial charge on any atom is 0.336 e. The minimum Gasteiger partial charge on any atom is -0.466 e. The molecule has 0 radical (unpaired) electrons. The first-order valence-electron chi connectivity index (χ1n) is 7.36. The second-order valence-corrected chi connectivity index (χ2v) is 5.50. The average molecular weight is 304 g/mol. The van der Waals surface area contributed by atoms with E-state index in [1.165, 1.54) is 25.2 Å². The molecule has 1 rings (SSSR count). The van der Waals surface area contributed by atoms with Crippen LogP contribution in [-0.4, -0.2) is 25.2 Å². The highest BCUT2D eigenvalue weighted by atomic mass is 16.6. The molecule has 0 fully saturated rings. The summed E-state index contributed by atoms with van der Waals surface area (Å²) in [6, 6.07) is 8.33. The summed E-state index contributed by atoms with van der Waals surface area (Å²) in [5.41, 5.74) is 2.61. The molecule has 0 bridgehead atoms. The molecule has 2 atom stereocenters. The number of esters is 2. The lowest BCUT2D eigenvalue weighted by Crippen LogP contribution is -2.24. The zero-order valence-electron chi connectivity index (χ0n) is 13.7. The van der Waals surface area contributed by atoms with Gasteiger partial charge in [0.25, 0.3) is 0 Å². The van der Waals surface area contributed by atoms with E-state index in [-0.39, 0.29) is 5.57 Å². The minimum absolute atomic E-state index is 0.175. The molecule has 0 aromatic heterocycles. The molecule has 0 N–H and O–H groups in total. The van der Waals surface area contributed by atoms with Crippen molar-refractivity contribution in [1.82, 2.24) is 0 Å². The third kappa shape index (κ3) is 5.35. The quantitative estimate of drug-likeness (QED) is 0.571.